The lowest BCUT2D eigenvalue weighted by molar-refractivity contribution is 0.398. The van der Waals surface area contributed by atoms with Crippen molar-refractivity contribution in [2.75, 3.05) is 0 Å². The van der Waals surface area contributed by atoms with E-state index in [1.54, 1.807) is 0 Å². The molecule has 0 spiro atoms. The van der Waals surface area contributed by atoms with E-state index >= 15 is 0 Å². The van der Waals surface area contributed by atoms with Gasteiger partial charge in [-0.1, -0.05) is 48.5 Å². The van der Waals surface area contributed by atoms with Gasteiger partial charge >= 0.3 is 0 Å². The van der Waals surface area contributed by atoms with E-state index in [9.17, 15) is 0 Å². The smallest absolute Gasteiger partial charge is 0.135 e. The van der Waals surface area contributed by atoms with E-state index in [1.165, 1.54) is 27.8 Å². The maximum absolute atomic E-state index is 6.38. The Bertz CT molecular complexity index is 1410. The summed E-state index contributed by atoms with van der Waals surface area (Å²) < 4.78 is 6.38. The van der Waals surface area contributed by atoms with E-state index in [2.05, 4.69) is 93.4 Å². The minimum absolute atomic E-state index is 0.809. The van der Waals surface area contributed by atoms with E-state index in [0.29, 0.717) is 0 Å². The topological polar surface area (TPSA) is 21.6 Å². The van der Waals surface area contributed by atoms with E-state index in [1.807, 2.05) is 30.5 Å². The lowest BCUT2D eigenvalue weighted by atomic mass is 9.96. The van der Waals surface area contributed by atoms with Crippen molar-refractivity contribution in [2.45, 2.75) is 27.7 Å². The van der Waals surface area contributed by atoms with Crippen molar-refractivity contribution < 1.29 is 4.74 Å². The fraction of sp³-hybridized carbons (Fsp3) is 0.129. The molecule has 3 aromatic rings. The first-order valence-electron chi connectivity index (χ1n) is 11.3. The normalized spacial score (nSPS) is 17.1. The van der Waals surface area contributed by atoms with Crippen LogP contribution in [0.2, 0.25) is 0 Å². The van der Waals surface area contributed by atoms with Gasteiger partial charge in [-0.25, -0.2) is 0 Å². The number of rotatable bonds is 3. The summed E-state index contributed by atoms with van der Waals surface area (Å²) in [7, 11) is 0. The average molecular weight is 430 g/mol. The molecule has 0 aromatic heterocycles. The number of fused-ring (bicyclic) bond motifs is 1. The minimum Gasteiger partial charge on any atom is -0.457 e. The number of para-hydroxylation sites is 1. The summed E-state index contributed by atoms with van der Waals surface area (Å²) in [6.07, 6.45) is 10.3. The predicted molar refractivity (Wildman–Crippen MR) is 140 cm³/mol. The minimum atomic E-state index is 0.809. The second kappa shape index (κ2) is 8.55. The fourth-order valence-corrected chi connectivity index (χ4v) is 4.07. The summed E-state index contributed by atoms with van der Waals surface area (Å²) in [5.41, 5.74) is 11.8. The lowest BCUT2D eigenvalue weighted by Gasteiger charge is -2.19. The molecule has 2 aliphatic heterocycles. The Kier molecular flexibility index (Phi) is 5.43. The van der Waals surface area contributed by atoms with Crippen LogP contribution in [-0.2, 0) is 4.74 Å². The molecule has 0 amide bonds. The second-order valence-corrected chi connectivity index (χ2v) is 8.77. The van der Waals surface area contributed by atoms with Gasteiger partial charge in [0.2, 0.25) is 0 Å². The lowest BCUT2D eigenvalue weighted by Crippen LogP contribution is -2.00. The summed E-state index contributed by atoms with van der Waals surface area (Å²) in [6.45, 7) is 8.57. The van der Waals surface area contributed by atoms with Gasteiger partial charge in [0.05, 0.1) is 5.69 Å². The van der Waals surface area contributed by atoms with Crippen molar-refractivity contribution >= 4 is 28.8 Å². The number of allylic oxidation sites excluding steroid dienone is 6. The highest BCUT2D eigenvalue weighted by atomic mass is 16.5. The number of nitrogens with zero attached hydrogens (tertiary/aromatic N) is 1. The Balaban J connectivity index is 1.57. The van der Waals surface area contributed by atoms with Crippen molar-refractivity contribution in [3.05, 3.63) is 130 Å². The molecule has 5 rings (SSSR count). The van der Waals surface area contributed by atoms with Crippen LogP contribution in [0, 0.1) is 27.7 Å². The van der Waals surface area contributed by atoms with Crippen LogP contribution in [0.5, 0.6) is 0 Å². The monoisotopic (exact) mass is 429 g/mol. The zero-order valence-electron chi connectivity index (χ0n) is 19.5. The maximum Gasteiger partial charge on any atom is 0.135 e. The third kappa shape index (κ3) is 4.25. The van der Waals surface area contributed by atoms with Crippen LogP contribution in [0.25, 0.3) is 16.9 Å². The van der Waals surface area contributed by atoms with Crippen LogP contribution in [0.4, 0.5) is 5.69 Å². The highest BCUT2D eigenvalue weighted by Gasteiger charge is 2.16. The first-order chi connectivity index (χ1) is 16.0. The molecule has 2 aliphatic rings. The molecular weight excluding hydrogens is 402 g/mol. The third-order valence-corrected chi connectivity index (χ3v) is 6.43. The van der Waals surface area contributed by atoms with Crippen molar-refractivity contribution in [3.8, 4) is 0 Å². The highest BCUT2D eigenvalue weighted by molar-refractivity contribution is 6.16. The Hall–Kier alpha value is -3.91. The van der Waals surface area contributed by atoms with Crippen molar-refractivity contribution in [2.24, 2.45) is 4.99 Å². The SMILES string of the molecule is Cc1ccc(C2=CC(=CC=C3C=Nc4ccccc43)OC(c3ccc(C)c(C)c3)=C2)cc1C. The second-order valence-electron chi connectivity index (χ2n) is 8.77. The summed E-state index contributed by atoms with van der Waals surface area (Å²) in [4.78, 5) is 4.52. The standard InChI is InChI=1S/C31H27NO/c1-20-9-11-24(15-22(20)3)27-17-28(14-13-26-19-32-30-8-6-5-7-29(26)30)33-31(18-27)25-12-10-21(2)23(4)16-25/h5-19H,1-4H3. The van der Waals surface area contributed by atoms with Gasteiger partial charge in [-0.2, -0.15) is 0 Å². The van der Waals surface area contributed by atoms with Gasteiger partial charge in [0.15, 0.2) is 0 Å². The summed E-state index contributed by atoms with van der Waals surface area (Å²) in [5, 5.41) is 0. The largest absolute Gasteiger partial charge is 0.457 e. The Morgan fingerprint density at radius 1 is 0.697 bits per heavy atom. The molecule has 0 aliphatic carbocycles. The highest BCUT2D eigenvalue weighted by Crippen LogP contribution is 2.34. The Morgan fingerprint density at radius 3 is 2.15 bits per heavy atom. The Morgan fingerprint density at radius 2 is 1.39 bits per heavy atom. The molecule has 3 aromatic carbocycles. The van der Waals surface area contributed by atoms with Crippen molar-refractivity contribution in [1.29, 1.82) is 0 Å². The molecular formula is C31H27NO. The number of hydrogen-bond acceptors (Lipinski definition) is 2. The van der Waals surface area contributed by atoms with Crippen LogP contribution in [0.1, 0.15) is 38.9 Å². The van der Waals surface area contributed by atoms with Gasteiger partial charge in [-0.15, -0.1) is 0 Å². The van der Waals surface area contributed by atoms with Gasteiger partial charge in [0, 0.05) is 22.9 Å². The first-order valence-corrected chi connectivity index (χ1v) is 11.3. The molecule has 0 unspecified atom stereocenters. The zero-order chi connectivity index (χ0) is 22.9. The van der Waals surface area contributed by atoms with Crippen LogP contribution in [0.15, 0.2) is 95.7 Å². The molecule has 2 heteroatoms. The van der Waals surface area contributed by atoms with Crippen LogP contribution >= 0.6 is 0 Å². The third-order valence-electron chi connectivity index (χ3n) is 6.43. The van der Waals surface area contributed by atoms with Gasteiger partial charge in [-0.3, -0.25) is 4.99 Å². The number of ether oxygens (including phenoxy) is 1. The quantitative estimate of drug-likeness (QED) is 0.412. The molecule has 0 bridgehead atoms. The van der Waals surface area contributed by atoms with Crippen molar-refractivity contribution in [1.82, 2.24) is 0 Å². The molecule has 0 fully saturated rings. The molecule has 2 nitrogen and oxygen atoms in total. The molecule has 0 N–H and O–H groups in total. The summed E-state index contributed by atoms with van der Waals surface area (Å²) in [6, 6.07) is 21.3. The van der Waals surface area contributed by atoms with Crippen LogP contribution in [0.3, 0.4) is 0 Å². The van der Waals surface area contributed by atoms with Crippen LogP contribution in [-0.4, -0.2) is 6.21 Å². The Labute approximate surface area is 196 Å². The van der Waals surface area contributed by atoms with Crippen LogP contribution < -0.4 is 0 Å². The summed E-state index contributed by atoms with van der Waals surface area (Å²) >= 11 is 0. The zero-order valence-corrected chi connectivity index (χ0v) is 19.5. The summed E-state index contributed by atoms with van der Waals surface area (Å²) in [5.74, 6) is 1.67. The van der Waals surface area contributed by atoms with Crippen molar-refractivity contribution in [3.63, 3.8) is 0 Å². The van der Waals surface area contributed by atoms with Gasteiger partial charge in [-0.05, 0) is 97.5 Å². The molecule has 162 valence electrons. The molecule has 0 saturated carbocycles. The fourth-order valence-electron chi connectivity index (χ4n) is 4.07. The number of hydrogen-bond donors (Lipinski definition) is 0. The molecule has 2 heterocycles. The van der Waals surface area contributed by atoms with Gasteiger partial charge in [0.1, 0.15) is 11.5 Å². The number of aliphatic imine (C=N–C) groups is 1. The van der Waals surface area contributed by atoms with Gasteiger partial charge < -0.3 is 4.74 Å². The van der Waals surface area contributed by atoms with E-state index in [0.717, 1.165) is 39.5 Å². The average Bonchev–Trinajstić information content (AvgIpc) is 3.24. The molecule has 0 radical (unpaired) electrons. The van der Waals surface area contributed by atoms with E-state index in [4.69, 9.17) is 4.74 Å². The number of benzene rings is 3. The molecule has 33 heavy (non-hydrogen) atoms. The molecule has 0 atom stereocenters. The van der Waals surface area contributed by atoms with Gasteiger partial charge in [0.25, 0.3) is 0 Å². The molecule has 0 saturated heterocycles. The van der Waals surface area contributed by atoms with E-state index in [-0.39, 0.29) is 0 Å². The number of aryl methyl sites for hydroxylation is 4. The predicted octanol–water partition coefficient (Wildman–Crippen LogP) is 8.06. The maximum atomic E-state index is 6.38. The first kappa shape index (κ1) is 21.0. The van der Waals surface area contributed by atoms with E-state index < -0.39 is 0 Å².